The van der Waals surface area contributed by atoms with E-state index in [1.165, 1.54) is 11.8 Å². The highest BCUT2D eigenvalue weighted by molar-refractivity contribution is 8.01. The maximum atomic E-state index is 15.5. The number of hydrogen-bond donors (Lipinski definition) is 1. The Balaban J connectivity index is 1.84. The molecule has 0 saturated heterocycles. The Kier molecular flexibility index (Phi) is 8.61. The first-order chi connectivity index (χ1) is 15.8. The highest BCUT2D eigenvalue weighted by Crippen LogP contribution is 2.51. The number of halogens is 3. The second-order valence-corrected chi connectivity index (χ2v) is 9.30. The van der Waals surface area contributed by atoms with Gasteiger partial charge in [0, 0.05) is 13.3 Å². The molecule has 174 valence electrons. The summed E-state index contributed by atoms with van der Waals surface area (Å²) in [6, 6.07) is 26.1. The van der Waals surface area contributed by atoms with Crippen molar-refractivity contribution in [2.24, 2.45) is 0 Å². The Morgan fingerprint density at radius 3 is 1.64 bits per heavy atom. The SMILES string of the molecule is CC(=O)NC(F)(F)CCCCC(F)SC(c1ccccc1)(c1ccccc1)c1ccccc1. The maximum Gasteiger partial charge on any atom is 0.325 e. The first-order valence-corrected chi connectivity index (χ1v) is 11.9. The molecule has 0 heterocycles. The van der Waals surface area contributed by atoms with Crippen LogP contribution in [0, 0.1) is 0 Å². The third kappa shape index (κ3) is 6.64. The lowest BCUT2D eigenvalue weighted by molar-refractivity contribution is -0.131. The van der Waals surface area contributed by atoms with Crippen molar-refractivity contribution in [3.05, 3.63) is 108 Å². The molecular weight excluding hydrogens is 443 g/mol. The average molecular weight is 472 g/mol. The molecule has 3 aromatic carbocycles. The molecular formula is C27H28F3NOS. The zero-order valence-electron chi connectivity index (χ0n) is 18.5. The van der Waals surface area contributed by atoms with E-state index in [4.69, 9.17) is 0 Å². The zero-order valence-corrected chi connectivity index (χ0v) is 19.3. The second-order valence-electron chi connectivity index (χ2n) is 7.94. The van der Waals surface area contributed by atoms with Gasteiger partial charge in [0.15, 0.2) is 0 Å². The number of unbranched alkanes of at least 4 members (excludes halogenated alkanes) is 1. The molecule has 0 radical (unpaired) electrons. The van der Waals surface area contributed by atoms with Crippen LogP contribution in [0.15, 0.2) is 91.0 Å². The first kappa shape index (κ1) is 24.9. The van der Waals surface area contributed by atoms with Gasteiger partial charge in [-0.25, -0.2) is 4.39 Å². The van der Waals surface area contributed by atoms with E-state index in [1.54, 1.807) is 5.32 Å². The van der Waals surface area contributed by atoms with Crippen LogP contribution in [-0.4, -0.2) is 17.5 Å². The first-order valence-electron chi connectivity index (χ1n) is 11.0. The minimum Gasteiger partial charge on any atom is -0.298 e. The summed E-state index contributed by atoms with van der Waals surface area (Å²) < 4.78 is 42.1. The lowest BCUT2D eigenvalue weighted by atomic mass is 9.84. The molecule has 1 N–H and O–H groups in total. The van der Waals surface area contributed by atoms with E-state index in [1.807, 2.05) is 91.0 Å². The van der Waals surface area contributed by atoms with Crippen LogP contribution in [0.25, 0.3) is 0 Å². The third-order valence-corrected chi connectivity index (χ3v) is 6.93. The minimum atomic E-state index is -3.27. The molecule has 33 heavy (non-hydrogen) atoms. The van der Waals surface area contributed by atoms with Crippen LogP contribution in [0.2, 0.25) is 0 Å². The topological polar surface area (TPSA) is 29.1 Å². The summed E-state index contributed by atoms with van der Waals surface area (Å²) in [5, 5.41) is 1.64. The van der Waals surface area contributed by atoms with E-state index in [0.29, 0.717) is 0 Å². The third-order valence-electron chi connectivity index (χ3n) is 5.38. The van der Waals surface area contributed by atoms with Crippen LogP contribution in [0.1, 0.15) is 49.3 Å². The lowest BCUT2D eigenvalue weighted by Crippen LogP contribution is -2.39. The van der Waals surface area contributed by atoms with Gasteiger partial charge in [0.25, 0.3) is 0 Å². The molecule has 0 aliphatic heterocycles. The Hall–Kier alpha value is -2.73. The summed E-state index contributed by atoms with van der Waals surface area (Å²) >= 11 is 1.20. The average Bonchev–Trinajstić information content (AvgIpc) is 2.81. The van der Waals surface area contributed by atoms with Gasteiger partial charge in [0.05, 0.1) is 4.75 Å². The predicted octanol–water partition coefficient (Wildman–Crippen LogP) is 7.30. The summed E-state index contributed by atoms with van der Waals surface area (Å²) in [5.74, 6) is -0.780. The highest BCUT2D eigenvalue weighted by Gasteiger charge is 2.39. The van der Waals surface area contributed by atoms with Gasteiger partial charge in [0.2, 0.25) is 5.91 Å². The molecule has 2 nitrogen and oxygen atoms in total. The molecule has 0 bridgehead atoms. The fraction of sp³-hybridized carbons (Fsp3) is 0.296. The van der Waals surface area contributed by atoms with Gasteiger partial charge in [-0.3, -0.25) is 10.1 Å². The summed E-state index contributed by atoms with van der Waals surface area (Å²) in [6.07, 6.45) is 0.0291. The summed E-state index contributed by atoms with van der Waals surface area (Å²) in [4.78, 5) is 10.9. The van der Waals surface area contributed by atoms with Crippen molar-refractivity contribution in [2.45, 2.75) is 48.9 Å². The number of carbonyl (C=O) groups is 1. The van der Waals surface area contributed by atoms with E-state index < -0.39 is 28.6 Å². The van der Waals surface area contributed by atoms with E-state index in [0.717, 1.165) is 23.6 Å². The fourth-order valence-electron chi connectivity index (χ4n) is 3.95. The number of carbonyl (C=O) groups excluding carboxylic acids is 1. The molecule has 0 aromatic heterocycles. The van der Waals surface area contributed by atoms with Crippen LogP contribution in [-0.2, 0) is 9.54 Å². The number of nitrogens with one attached hydrogen (secondary N) is 1. The van der Waals surface area contributed by atoms with Crippen LogP contribution < -0.4 is 5.32 Å². The molecule has 0 aliphatic rings. The van der Waals surface area contributed by atoms with Crippen LogP contribution in [0.3, 0.4) is 0 Å². The number of hydrogen-bond acceptors (Lipinski definition) is 2. The molecule has 0 spiro atoms. The van der Waals surface area contributed by atoms with Crippen LogP contribution in [0.4, 0.5) is 13.2 Å². The largest absolute Gasteiger partial charge is 0.325 e. The number of amides is 1. The summed E-state index contributed by atoms with van der Waals surface area (Å²) in [5.41, 5.74) is 1.58. The van der Waals surface area contributed by atoms with E-state index in [2.05, 4.69) is 0 Å². The van der Waals surface area contributed by atoms with Crippen LogP contribution in [0.5, 0.6) is 0 Å². The quantitative estimate of drug-likeness (QED) is 0.181. The molecule has 1 unspecified atom stereocenters. The van der Waals surface area contributed by atoms with Gasteiger partial charge in [-0.1, -0.05) is 91.0 Å². The molecule has 3 aromatic rings. The summed E-state index contributed by atoms with van der Waals surface area (Å²) in [6.45, 7) is 1.05. The molecule has 0 saturated carbocycles. The van der Waals surface area contributed by atoms with Crippen molar-refractivity contribution in [3.63, 3.8) is 0 Å². The van der Waals surface area contributed by atoms with Crippen molar-refractivity contribution in [3.8, 4) is 0 Å². The zero-order chi connectivity index (χ0) is 23.7. The second kappa shape index (κ2) is 11.4. The minimum absolute atomic E-state index is 0.114. The monoisotopic (exact) mass is 471 g/mol. The molecule has 1 atom stereocenters. The van der Waals surface area contributed by atoms with Crippen molar-refractivity contribution in [2.75, 3.05) is 0 Å². The molecule has 1 amide bonds. The normalized spacial score (nSPS) is 12.8. The van der Waals surface area contributed by atoms with Gasteiger partial charge in [-0.05, 0) is 36.0 Å². The number of alkyl halides is 3. The fourth-order valence-corrected chi connectivity index (χ4v) is 5.43. The molecule has 0 fully saturated rings. The standard InChI is InChI=1S/C27H28F3NOS/c1-21(32)31-26(29,30)20-12-11-19-25(28)33-27(22-13-5-2-6-14-22,23-15-7-3-8-16-23)24-17-9-4-10-18-24/h2-10,13-18,25H,11-12,19-20H2,1H3,(H,31,32). The molecule has 3 rings (SSSR count). The summed E-state index contributed by atoms with van der Waals surface area (Å²) in [7, 11) is 0. The van der Waals surface area contributed by atoms with Gasteiger partial charge in [-0.2, -0.15) is 8.78 Å². The maximum absolute atomic E-state index is 15.5. The smallest absolute Gasteiger partial charge is 0.298 e. The van der Waals surface area contributed by atoms with Crippen molar-refractivity contribution < 1.29 is 18.0 Å². The van der Waals surface area contributed by atoms with Crippen molar-refractivity contribution in [1.82, 2.24) is 5.32 Å². The van der Waals surface area contributed by atoms with Gasteiger partial charge < -0.3 is 0 Å². The Morgan fingerprint density at radius 2 is 1.24 bits per heavy atom. The predicted molar refractivity (Wildman–Crippen MR) is 129 cm³/mol. The van der Waals surface area contributed by atoms with Crippen molar-refractivity contribution >= 4 is 17.7 Å². The van der Waals surface area contributed by atoms with Gasteiger partial charge in [0.1, 0.15) is 5.50 Å². The molecule has 0 aliphatic carbocycles. The Labute approximate surface area is 197 Å². The van der Waals surface area contributed by atoms with E-state index in [-0.39, 0.29) is 19.3 Å². The van der Waals surface area contributed by atoms with Crippen molar-refractivity contribution in [1.29, 1.82) is 0 Å². The number of rotatable bonds is 11. The number of thioether (sulfide) groups is 1. The van der Waals surface area contributed by atoms with Crippen LogP contribution >= 0.6 is 11.8 Å². The molecule has 6 heteroatoms. The van der Waals surface area contributed by atoms with E-state index in [9.17, 15) is 13.6 Å². The van der Waals surface area contributed by atoms with E-state index >= 15 is 4.39 Å². The van der Waals surface area contributed by atoms with Gasteiger partial charge >= 0.3 is 6.05 Å². The van der Waals surface area contributed by atoms with Gasteiger partial charge in [-0.15, -0.1) is 11.8 Å². The highest BCUT2D eigenvalue weighted by atomic mass is 32.2. The Morgan fingerprint density at radius 1 is 0.818 bits per heavy atom. The lowest BCUT2D eigenvalue weighted by Gasteiger charge is -2.36. The number of benzene rings is 3. The Bertz CT molecular complexity index is 903.